The van der Waals surface area contributed by atoms with Crippen LogP contribution in [0.5, 0.6) is 0 Å². The van der Waals surface area contributed by atoms with Gasteiger partial charge in [-0.25, -0.2) is 4.79 Å². The largest absolute Gasteiger partial charge is 0.419 e. The second-order valence-electron chi connectivity index (χ2n) is 4.06. The van der Waals surface area contributed by atoms with Gasteiger partial charge in [-0.2, -0.15) is 0 Å². The van der Waals surface area contributed by atoms with Gasteiger partial charge in [0.05, 0.1) is 5.52 Å². The van der Waals surface area contributed by atoms with Crippen LogP contribution in [0.15, 0.2) is 27.4 Å². The van der Waals surface area contributed by atoms with Gasteiger partial charge < -0.3 is 9.32 Å². The second kappa shape index (κ2) is 4.14. The van der Waals surface area contributed by atoms with Gasteiger partial charge in [-0.3, -0.25) is 4.57 Å². The zero-order valence-electron chi connectivity index (χ0n) is 9.86. The molecular weight excluding hydrogens is 204 g/mol. The molecule has 1 heterocycles. The Morgan fingerprint density at radius 2 is 2.19 bits per heavy atom. The van der Waals surface area contributed by atoms with E-state index in [0.717, 1.165) is 24.2 Å². The summed E-state index contributed by atoms with van der Waals surface area (Å²) in [6, 6.07) is 5.89. The summed E-state index contributed by atoms with van der Waals surface area (Å²) >= 11 is 0. The average Bonchev–Trinajstić information content (AvgIpc) is 2.54. The highest BCUT2D eigenvalue weighted by Crippen LogP contribution is 2.15. The SMILES string of the molecule is CCN(C)Cc1ccc2c(c1)oc(=O)n2C. The van der Waals surface area contributed by atoms with Crippen LogP contribution in [0.1, 0.15) is 12.5 Å². The van der Waals surface area contributed by atoms with Crippen molar-refractivity contribution in [2.24, 2.45) is 7.05 Å². The van der Waals surface area contributed by atoms with E-state index in [1.807, 2.05) is 18.2 Å². The van der Waals surface area contributed by atoms with Gasteiger partial charge in [-0.1, -0.05) is 13.0 Å². The molecule has 0 saturated heterocycles. The summed E-state index contributed by atoms with van der Waals surface area (Å²) < 4.78 is 6.66. The van der Waals surface area contributed by atoms with Gasteiger partial charge >= 0.3 is 5.76 Å². The summed E-state index contributed by atoms with van der Waals surface area (Å²) in [5.74, 6) is -0.309. The smallest absolute Gasteiger partial charge is 0.408 e. The highest BCUT2D eigenvalue weighted by atomic mass is 16.4. The lowest BCUT2D eigenvalue weighted by Crippen LogP contribution is -2.16. The van der Waals surface area contributed by atoms with Crippen LogP contribution in [-0.2, 0) is 13.6 Å². The molecule has 4 heteroatoms. The van der Waals surface area contributed by atoms with Crippen molar-refractivity contribution >= 4 is 11.1 Å². The molecule has 0 saturated carbocycles. The molecule has 0 bridgehead atoms. The van der Waals surface area contributed by atoms with E-state index in [4.69, 9.17) is 4.42 Å². The number of hydrogen-bond donors (Lipinski definition) is 0. The molecule has 0 fully saturated rings. The molecule has 0 spiro atoms. The summed E-state index contributed by atoms with van der Waals surface area (Å²) in [6.45, 7) is 3.98. The Hall–Kier alpha value is -1.55. The zero-order valence-corrected chi connectivity index (χ0v) is 9.86. The fourth-order valence-electron chi connectivity index (χ4n) is 1.70. The molecule has 0 radical (unpaired) electrons. The quantitative estimate of drug-likeness (QED) is 0.788. The highest BCUT2D eigenvalue weighted by Gasteiger charge is 2.06. The monoisotopic (exact) mass is 220 g/mol. The summed E-state index contributed by atoms with van der Waals surface area (Å²) in [7, 11) is 3.78. The fourth-order valence-corrected chi connectivity index (χ4v) is 1.70. The maximum atomic E-state index is 11.3. The van der Waals surface area contributed by atoms with E-state index in [1.54, 1.807) is 7.05 Å². The van der Waals surface area contributed by atoms with Gasteiger partial charge in [0.2, 0.25) is 0 Å². The summed E-state index contributed by atoms with van der Waals surface area (Å²) in [5, 5.41) is 0. The van der Waals surface area contributed by atoms with Gasteiger partial charge in [-0.15, -0.1) is 0 Å². The number of benzene rings is 1. The third kappa shape index (κ3) is 1.88. The Labute approximate surface area is 94.1 Å². The predicted molar refractivity (Wildman–Crippen MR) is 63.5 cm³/mol. The Morgan fingerprint density at radius 1 is 1.44 bits per heavy atom. The molecule has 2 rings (SSSR count). The first kappa shape index (κ1) is 11.0. The number of aromatic nitrogens is 1. The van der Waals surface area contributed by atoms with Crippen LogP contribution < -0.4 is 5.76 Å². The number of nitrogens with zero attached hydrogens (tertiary/aromatic N) is 2. The second-order valence-corrected chi connectivity index (χ2v) is 4.06. The predicted octanol–water partition coefficient (Wildman–Crippen LogP) is 1.58. The van der Waals surface area contributed by atoms with E-state index in [0.29, 0.717) is 5.58 Å². The summed E-state index contributed by atoms with van der Waals surface area (Å²) in [6.07, 6.45) is 0. The van der Waals surface area contributed by atoms with E-state index < -0.39 is 0 Å². The number of aryl methyl sites for hydroxylation is 1. The first-order chi connectivity index (χ1) is 7.61. The fraction of sp³-hybridized carbons (Fsp3) is 0.417. The zero-order chi connectivity index (χ0) is 11.7. The normalized spacial score (nSPS) is 11.5. The number of hydrogen-bond acceptors (Lipinski definition) is 3. The molecule has 86 valence electrons. The van der Waals surface area contributed by atoms with Crippen LogP contribution in [0.2, 0.25) is 0 Å². The standard InChI is InChI=1S/C12H16N2O2/c1-4-13(2)8-9-5-6-10-11(7-9)16-12(15)14(10)3/h5-7H,4,8H2,1-3H3. The first-order valence-corrected chi connectivity index (χ1v) is 5.39. The maximum Gasteiger partial charge on any atom is 0.419 e. The minimum atomic E-state index is -0.309. The van der Waals surface area contributed by atoms with Gasteiger partial charge in [0, 0.05) is 13.6 Å². The Balaban J connectivity index is 2.41. The van der Waals surface area contributed by atoms with E-state index >= 15 is 0 Å². The third-order valence-electron chi connectivity index (χ3n) is 2.85. The molecule has 1 aromatic carbocycles. The van der Waals surface area contributed by atoms with Crippen molar-refractivity contribution in [3.8, 4) is 0 Å². The summed E-state index contributed by atoms with van der Waals surface area (Å²) in [4.78, 5) is 13.5. The molecule has 16 heavy (non-hydrogen) atoms. The maximum absolute atomic E-state index is 11.3. The van der Waals surface area contributed by atoms with Crippen LogP contribution in [-0.4, -0.2) is 23.1 Å². The van der Waals surface area contributed by atoms with Gasteiger partial charge in [-0.05, 0) is 31.3 Å². The van der Waals surface area contributed by atoms with Gasteiger partial charge in [0.25, 0.3) is 0 Å². The molecule has 2 aromatic rings. The van der Waals surface area contributed by atoms with Crippen molar-refractivity contribution in [3.63, 3.8) is 0 Å². The van der Waals surface area contributed by atoms with Crippen molar-refractivity contribution in [1.29, 1.82) is 0 Å². The highest BCUT2D eigenvalue weighted by molar-refractivity contribution is 5.73. The van der Waals surface area contributed by atoms with Crippen LogP contribution >= 0.6 is 0 Å². The molecule has 0 amide bonds. The van der Waals surface area contributed by atoms with Crippen molar-refractivity contribution < 1.29 is 4.42 Å². The average molecular weight is 220 g/mol. The minimum absolute atomic E-state index is 0.309. The van der Waals surface area contributed by atoms with Crippen molar-refractivity contribution in [3.05, 3.63) is 34.3 Å². The van der Waals surface area contributed by atoms with Crippen molar-refractivity contribution in [1.82, 2.24) is 9.47 Å². The number of oxazole rings is 1. The topological polar surface area (TPSA) is 38.4 Å². The minimum Gasteiger partial charge on any atom is -0.408 e. The van der Waals surface area contributed by atoms with Crippen LogP contribution in [0, 0.1) is 0 Å². The van der Waals surface area contributed by atoms with Crippen LogP contribution in [0.4, 0.5) is 0 Å². The lowest BCUT2D eigenvalue weighted by molar-refractivity contribution is 0.346. The lowest BCUT2D eigenvalue weighted by atomic mass is 10.2. The van der Waals surface area contributed by atoms with E-state index in [2.05, 4.69) is 18.9 Å². The number of rotatable bonds is 3. The first-order valence-electron chi connectivity index (χ1n) is 5.39. The van der Waals surface area contributed by atoms with Crippen LogP contribution in [0.25, 0.3) is 11.1 Å². The van der Waals surface area contributed by atoms with Gasteiger partial charge in [0.1, 0.15) is 0 Å². The molecule has 0 aliphatic carbocycles. The van der Waals surface area contributed by atoms with E-state index in [-0.39, 0.29) is 5.76 Å². The molecule has 0 unspecified atom stereocenters. The molecule has 4 nitrogen and oxygen atoms in total. The Bertz CT molecular complexity index is 554. The summed E-state index contributed by atoms with van der Waals surface area (Å²) in [5.41, 5.74) is 2.66. The third-order valence-corrected chi connectivity index (χ3v) is 2.85. The Kier molecular flexibility index (Phi) is 2.83. The Morgan fingerprint density at radius 3 is 2.88 bits per heavy atom. The molecular formula is C12H16N2O2. The van der Waals surface area contributed by atoms with Crippen molar-refractivity contribution in [2.45, 2.75) is 13.5 Å². The lowest BCUT2D eigenvalue weighted by Gasteiger charge is -2.13. The molecule has 0 N–H and O–H groups in total. The van der Waals surface area contributed by atoms with Gasteiger partial charge in [0.15, 0.2) is 5.58 Å². The van der Waals surface area contributed by atoms with Crippen LogP contribution in [0.3, 0.4) is 0 Å². The molecule has 1 aromatic heterocycles. The molecule has 0 atom stereocenters. The van der Waals surface area contributed by atoms with E-state index in [1.165, 1.54) is 4.57 Å². The molecule has 0 aliphatic rings. The van der Waals surface area contributed by atoms with E-state index in [9.17, 15) is 4.79 Å². The number of fused-ring (bicyclic) bond motifs is 1. The molecule has 0 aliphatic heterocycles. The van der Waals surface area contributed by atoms with Crippen molar-refractivity contribution in [2.75, 3.05) is 13.6 Å².